The van der Waals surface area contributed by atoms with E-state index in [0.29, 0.717) is 5.82 Å². The summed E-state index contributed by atoms with van der Waals surface area (Å²) >= 11 is 0. The fraction of sp³-hybridized carbons (Fsp3) is 0.438. The summed E-state index contributed by atoms with van der Waals surface area (Å²) in [6, 6.07) is 8.83. The number of nitrogen functional groups attached to an aromatic ring is 1. The lowest BCUT2D eigenvalue weighted by molar-refractivity contribution is 0.348. The molecule has 19 heavy (non-hydrogen) atoms. The van der Waals surface area contributed by atoms with Crippen molar-refractivity contribution in [3.63, 3.8) is 0 Å². The minimum absolute atomic E-state index is 0.638. The van der Waals surface area contributed by atoms with E-state index in [1.807, 2.05) is 0 Å². The van der Waals surface area contributed by atoms with E-state index in [0.717, 1.165) is 23.0 Å². The highest BCUT2D eigenvalue weighted by atomic mass is 15.1. The van der Waals surface area contributed by atoms with Crippen LogP contribution in [0.25, 0.3) is 11.1 Å². The number of hydrogen-bond acceptors (Lipinski definition) is 2. The molecule has 0 radical (unpaired) electrons. The van der Waals surface area contributed by atoms with Crippen molar-refractivity contribution < 1.29 is 0 Å². The third kappa shape index (κ3) is 2.50. The summed E-state index contributed by atoms with van der Waals surface area (Å²) in [6.07, 6.45) is 7.16. The number of aromatic nitrogens is 2. The van der Waals surface area contributed by atoms with E-state index in [9.17, 15) is 0 Å². The van der Waals surface area contributed by atoms with E-state index in [1.54, 1.807) is 6.20 Å². The van der Waals surface area contributed by atoms with Gasteiger partial charge in [-0.3, -0.25) is 5.10 Å². The van der Waals surface area contributed by atoms with Crippen LogP contribution in [0.15, 0.2) is 30.5 Å². The number of rotatable bonds is 2. The highest BCUT2D eigenvalue weighted by molar-refractivity contribution is 5.73. The fourth-order valence-electron chi connectivity index (χ4n) is 3.05. The van der Waals surface area contributed by atoms with Crippen LogP contribution in [0, 0.1) is 5.92 Å². The van der Waals surface area contributed by atoms with Crippen molar-refractivity contribution in [2.45, 2.75) is 38.5 Å². The zero-order valence-electron chi connectivity index (χ0n) is 11.4. The third-order valence-electron chi connectivity index (χ3n) is 4.38. The molecule has 3 nitrogen and oxygen atoms in total. The maximum atomic E-state index is 5.85. The van der Waals surface area contributed by atoms with Crippen molar-refractivity contribution in [2.24, 2.45) is 5.92 Å². The largest absolute Gasteiger partial charge is 0.384 e. The van der Waals surface area contributed by atoms with Gasteiger partial charge in [-0.15, -0.1) is 0 Å². The summed E-state index contributed by atoms with van der Waals surface area (Å²) in [5.41, 5.74) is 9.45. The van der Waals surface area contributed by atoms with Crippen molar-refractivity contribution in [3.8, 4) is 11.1 Å². The van der Waals surface area contributed by atoms with E-state index in [4.69, 9.17) is 5.73 Å². The van der Waals surface area contributed by atoms with Gasteiger partial charge in [0.25, 0.3) is 0 Å². The Morgan fingerprint density at radius 1 is 1.11 bits per heavy atom. The maximum absolute atomic E-state index is 5.85. The summed E-state index contributed by atoms with van der Waals surface area (Å²) in [5, 5.41) is 6.75. The highest BCUT2D eigenvalue weighted by Crippen LogP contribution is 2.36. The van der Waals surface area contributed by atoms with Crippen LogP contribution in [0.1, 0.15) is 44.1 Å². The second-order valence-corrected chi connectivity index (χ2v) is 5.78. The van der Waals surface area contributed by atoms with Crippen molar-refractivity contribution in [2.75, 3.05) is 5.73 Å². The molecule has 100 valence electrons. The SMILES string of the molecule is CC1CCC(c2ccc(-c3cn[nH]c3N)cc2)CC1. The average molecular weight is 255 g/mol. The molecular formula is C16H21N3. The molecule has 1 aromatic carbocycles. The van der Waals surface area contributed by atoms with E-state index < -0.39 is 0 Å². The standard InChI is InChI=1S/C16H21N3/c1-11-2-4-12(5-3-11)13-6-8-14(9-7-13)15-10-18-19-16(15)17/h6-12H,2-5H2,1H3,(H3,17,18,19). The number of hydrogen-bond donors (Lipinski definition) is 2. The zero-order chi connectivity index (χ0) is 13.2. The number of nitrogens with two attached hydrogens (primary N) is 1. The lowest BCUT2D eigenvalue weighted by atomic mass is 9.79. The first-order valence-corrected chi connectivity index (χ1v) is 7.13. The van der Waals surface area contributed by atoms with Gasteiger partial charge >= 0.3 is 0 Å². The van der Waals surface area contributed by atoms with Crippen LogP contribution < -0.4 is 5.73 Å². The fourth-order valence-corrected chi connectivity index (χ4v) is 3.05. The molecule has 0 atom stereocenters. The van der Waals surface area contributed by atoms with Crippen LogP contribution in [0.5, 0.6) is 0 Å². The number of nitrogens with one attached hydrogen (secondary N) is 1. The molecule has 2 aromatic rings. The van der Waals surface area contributed by atoms with Crippen LogP contribution in [-0.4, -0.2) is 10.2 Å². The summed E-state index contributed by atoms with van der Waals surface area (Å²) in [6.45, 7) is 2.36. The highest BCUT2D eigenvalue weighted by Gasteiger charge is 2.19. The first kappa shape index (κ1) is 12.3. The van der Waals surface area contributed by atoms with Crippen LogP contribution in [-0.2, 0) is 0 Å². The average Bonchev–Trinajstić information content (AvgIpc) is 2.86. The molecule has 0 unspecified atom stereocenters. The Bertz CT molecular complexity index is 533. The lowest BCUT2D eigenvalue weighted by Gasteiger charge is -2.26. The van der Waals surface area contributed by atoms with Gasteiger partial charge in [0.2, 0.25) is 0 Å². The van der Waals surface area contributed by atoms with Crippen LogP contribution in [0.4, 0.5) is 5.82 Å². The van der Waals surface area contributed by atoms with Gasteiger partial charge in [0.05, 0.1) is 6.20 Å². The molecule has 3 heteroatoms. The predicted octanol–water partition coefficient (Wildman–Crippen LogP) is 3.95. The molecule has 0 amide bonds. The van der Waals surface area contributed by atoms with Gasteiger partial charge in [-0.25, -0.2) is 0 Å². The molecule has 1 aliphatic carbocycles. The number of benzene rings is 1. The van der Waals surface area contributed by atoms with Gasteiger partial charge in [0.1, 0.15) is 5.82 Å². The van der Waals surface area contributed by atoms with Crippen LogP contribution in [0.2, 0.25) is 0 Å². The Morgan fingerprint density at radius 3 is 2.37 bits per heavy atom. The summed E-state index contributed by atoms with van der Waals surface area (Å²) in [4.78, 5) is 0. The van der Waals surface area contributed by atoms with Crippen molar-refractivity contribution in [1.82, 2.24) is 10.2 Å². The summed E-state index contributed by atoms with van der Waals surface area (Å²) < 4.78 is 0. The Labute approximate surface area is 114 Å². The number of aromatic amines is 1. The molecule has 0 saturated heterocycles. The van der Waals surface area contributed by atoms with Gasteiger partial charge in [-0.2, -0.15) is 5.10 Å². The van der Waals surface area contributed by atoms with E-state index in [-0.39, 0.29) is 0 Å². The second kappa shape index (κ2) is 5.08. The molecular weight excluding hydrogens is 234 g/mol. The van der Waals surface area contributed by atoms with Gasteiger partial charge in [-0.05, 0) is 35.8 Å². The maximum Gasteiger partial charge on any atom is 0.126 e. The minimum atomic E-state index is 0.638. The van der Waals surface area contributed by atoms with Crippen molar-refractivity contribution in [3.05, 3.63) is 36.0 Å². The predicted molar refractivity (Wildman–Crippen MR) is 78.8 cm³/mol. The summed E-state index contributed by atoms with van der Waals surface area (Å²) in [5.74, 6) is 2.28. The Balaban J connectivity index is 1.78. The van der Waals surface area contributed by atoms with Gasteiger partial charge in [0.15, 0.2) is 0 Å². The van der Waals surface area contributed by atoms with E-state index >= 15 is 0 Å². The molecule has 0 spiro atoms. The minimum Gasteiger partial charge on any atom is -0.384 e. The Kier molecular flexibility index (Phi) is 3.28. The van der Waals surface area contributed by atoms with Crippen LogP contribution in [0.3, 0.4) is 0 Å². The molecule has 0 aliphatic heterocycles. The molecule has 0 bridgehead atoms. The topological polar surface area (TPSA) is 54.7 Å². The molecule has 3 rings (SSSR count). The first-order chi connectivity index (χ1) is 9.24. The normalized spacial score (nSPS) is 23.4. The molecule has 3 N–H and O–H groups in total. The Hall–Kier alpha value is -1.77. The number of H-pyrrole nitrogens is 1. The summed E-state index contributed by atoms with van der Waals surface area (Å²) in [7, 11) is 0. The van der Waals surface area contributed by atoms with Crippen molar-refractivity contribution >= 4 is 5.82 Å². The quantitative estimate of drug-likeness (QED) is 0.853. The molecule has 1 heterocycles. The monoisotopic (exact) mass is 255 g/mol. The third-order valence-corrected chi connectivity index (χ3v) is 4.38. The first-order valence-electron chi connectivity index (χ1n) is 7.13. The molecule has 1 aliphatic rings. The molecule has 1 aromatic heterocycles. The molecule has 1 saturated carbocycles. The van der Waals surface area contributed by atoms with Gasteiger partial charge < -0.3 is 5.73 Å². The second-order valence-electron chi connectivity index (χ2n) is 5.78. The lowest BCUT2D eigenvalue weighted by Crippen LogP contribution is -2.10. The Morgan fingerprint density at radius 2 is 1.79 bits per heavy atom. The van der Waals surface area contributed by atoms with Crippen molar-refractivity contribution in [1.29, 1.82) is 0 Å². The molecule has 1 fully saturated rings. The smallest absolute Gasteiger partial charge is 0.126 e. The number of anilines is 1. The van der Waals surface area contributed by atoms with E-state index in [1.165, 1.54) is 31.2 Å². The number of nitrogens with zero attached hydrogens (tertiary/aromatic N) is 1. The van der Waals surface area contributed by atoms with Crippen LogP contribution >= 0.6 is 0 Å². The van der Waals surface area contributed by atoms with Gasteiger partial charge in [0, 0.05) is 5.56 Å². The zero-order valence-corrected chi connectivity index (χ0v) is 11.4. The van der Waals surface area contributed by atoms with Gasteiger partial charge in [-0.1, -0.05) is 44.0 Å². The van der Waals surface area contributed by atoms with E-state index in [2.05, 4.69) is 41.4 Å².